The molecule has 3 aromatic rings. The van der Waals surface area contributed by atoms with Crippen molar-refractivity contribution in [3.8, 4) is 5.75 Å². The summed E-state index contributed by atoms with van der Waals surface area (Å²) < 4.78 is 6.63. The van der Waals surface area contributed by atoms with Crippen LogP contribution in [0.2, 0.25) is 5.02 Å². The fraction of sp³-hybridized carbons (Fsp3) is 0.304. The predicted molar refractivity (Wildman–Crippen MR) is 130 cm³/mol. The SMILES string of the molecule is CC[C@@H]1Oc2ccc(Cl)cc2N(CC(=O)Nc2ccc3sc(NC(=O)C(C)C)nc3c2)C1=O. The molecule has 10 heteroatoms. The van der Waals surface area contributed by atoms with Gasteiger partial charge in [0.2, 0.25) is 11.8 Å². The minimum Gasteiger partial charge on any atom is -0.478 e. The molecule has 0 saturated heterocycles. The summed E-state index contributed by atoms with van der Waals surface area (Å²) in [5.74, 6) is -0.402. The van der Waals surface area contributed by atoms with E-state index in [0.717, 1.165) is 4.70 Å². The zero-order chi connectivity index (χ0) is 23.7. The van der Waals surface area contributed by atoms with Crippen LogP contribution in [-0.2, 0) is 14.4 Å². The molecule has 0 bridgehead atoms. The Morgan fingerprint density at radius 1 is 1.21 bits per heavy atom. The Balaban J connectivity index is 1.51. The van der Waals surface area contributed by atoms with Crippen LogP contribution in [0.3, 0.4) is 0 Å². The normalized spacial score (nSPS) is 15.4. The second-order valence-electron chi connectivity index (χ2n) is 7.94. The van der Waals surface area contributed by atoms with E-state index in [9.17, 15) is 14.4 Å². The molecule has 8 nitrogen and oxygen atoms in total. The molecule has 3 amide bonds. The fourth-order valence-electron chi connectivity index (χ4n) is 3.37. The molecule has 0 spiro atoms. The Morgan fingerprint density at radius 3 is 2.73 bits per heavy atom. The third-order valence-electron chi connectivity index (χ3n) is 5.12. The number of benzene rings is 2. The van der Waals surface area contributed by atoms with Gasteiger partial charge in [-0.2, -0.15) is 0 Å². The lowest BCUT2D eigenvalue weighted by molar-refractivity contribution is -0.128. The summed E-state index contributed by atoms with van der Waals surface area (Å²) in [7, 11) is 0. The predicted octanol–water partition coefficient (Wildman–Crippen LogP) is 4.69. The molecule has 1 aromatic heterocycles. The van der Waals surface area contributed by atoms with Gasteiger partial charge in [0.15, 0.2) is 11.2 Å². The molecule has 0 radical (unpaired) electrons. The third-order valence-corrected chi connectivity index (χ3v) is 6.31. The van der Waals surface area contributed by atoms with Gasteiger partial charge >= 0.3 is 0 Å². The van der Waals surface area contributed by atoms with E-state index >= 15 is 0 Å². The summed E-state index contributed by atoms with van der Waals surface area (Å²) in [6, 6.07) is 10.3. The van der Waals surface area contributed by atoms with Crippen LogP contribution < -0.4 is 20.3 Å². The summed E-state index contributed by atoms with van der Waals surface area (Å²) in [5.41, 5.74) is 1.66. The van der Waals surface area contributed by atoms with E-state index in [1.54, 1.807) is 30.3 Å². The van der Waals surface area contributed by atoms with Gasteiger partial charge in [-0.3, -0.25) is 19.3 Å². The van der Waals surface area contributed by atoms with E-state index in [0.29, 0.717) is 39.2 Å². The van der Waals surface area contributed by atoms with Gasteiger partial charge in [0, 0.05) is 16.6 Å². The molecule has 1 aliphatic rings. The molecule has 2 aromatic carbocycles. The molecule has 2 N–H and O–H groups in total. The first-order valence-electron chi connectivity index (χ1n) is 10.5. The highest BCUT2D eigenvalue weighted by atomic mass is 35.5. The number of hydrogen-bond acceptors (Lipinski definition) is 6. The molecule has 0 unspecified atom stereocenters. The van der Waals surface area contributed by atoms with Gasteiger partial charge in [0.05, 0.1) is 15.9 Å². The van der Waals surface area contributed by atoms with Gasteiger partial charge in [-0.1, -0.05) is 43.7 Å². The highest BCUT2D eigenvalue weighted by Gasteiger charge is 2.34. The van der Waals surface area contributed by atoms with Gasteiger partial charge < -0.3 is 15.4 Å². The molecule has 4 rings (SSSR count). The number of carbonyl (C=O) groups is 3. The first-order valence-corrected chi connectivity index (χ1v) is 11.7. The average molecular weight is 487 g/mol. The van der Waals surface area contributed by atoms with Crippen LogP contribution in [-0.4, -0.2) is 35.4 Å². The van der Waals surface area contributed by atoms with Crippen LogP contribution >= 0.6 is 22.9 Å². The Hall–Kier alpha value is -3.17. The van der Waals surface area contributed by atoms with Crippen molar-refractivity contribution >= 4 is 67.4 Å². The number of halogens is 1. The van der Waals surface area contributed by atoms with Crippen molar-refractivity contribution in [2.24, 2.45) is 5.92 Å². The minimum atomic E-state index is -0.655. The summed E-state index contributed by atoms with van der Waals surface area (Å²) >= 11 is 7.47. The largest absolute Gasteiger partial charge is 0.478 e. The number of carbonyl (C=O) groups excluding carboxylic acids is 3. The molecular weight excluding hydrogens is 464 g/mol. The maximum absolute atomic E-state index is 12.9. The number of hydrogen-bond donors (Lipinski definition) is 2. The number of ether oxygens (including phenoxy) is 1. The summed E-state index contributed by atoms with van der Waals surface area (Å²) in [5, 5.41) is 6.56. The van der Waals surface area contributed by atoms with Crippen molar-refractivity contribution in [2.45, 2.75) is 33.3 Å². The standard InChI is InChI=1S/C23H23ClN4O4S/c1-4-17-22(31)28(16-9-13(24)5-7-18(16)32-17)11-20(29)25-14-6-8-19-15(10-14)26-23(33-19)27-21(30)12(2)3/h5-10,12,17H,4,11H2,1-3H3,(H,25,29)(H,26,27,30)/t17-/m0/s1. The Labute approximate surface area is 199 Å². The number of nitrogens with zero attached hydrogens (tertiary/aromatic N) is 2. The van der Waals surface area contributed by atoms with E-state index in [-0.39, 0.29) is 30.2 Å². The molecule has 0 saturated carbocycles. The van der Waals surface area contributed by atoms with E-state index in [1.807, 2.05) is 26.8 Å². The second-order valence-corrected chi connectivity index (χ2v) is 9.41. The number of aromatic nitrogens is 1. The number of thiazole rings is 1. The molecule has 0 fully saturated rings. The van der Waals surface area contributed by atoms with Crippen molar-refractivity contribution in [3.63, 3.8) is 0 Å². The summed E-state index contributed by atoms with van der Waals surface area (Å²) in [4.78, 5) is 43.4. The van der Waals surface area contributed by atoms with E-state index in [2.05, 4.69) is 15.6 Å². The lowest BCUT2D eigenvalue weighted by Gasteiger charge is -2.33. The Morgan fingerprint density at radius 2 is 2.00 bits per heavy atom. The van der Waals surface area contributed by atoms with E-state index in [1.165, 1.54) is 16.2 Å². The molecule has 1 aliphatic heterocycles. The monoisotopic (exact) mass is 486 g/mol. The quantitative estimate of drug-likeness (QED) is 0.526. The minimum absolute atomic E-state index is 0.108. The lowest BCUT2D eigenvalue weighted by Crippen LogP contribution is -2.48. The Bertz CT molecular complexity index is 1240. The zero-order valence-electron chi connectivity index (χ0n) is 18.3. The van der Waals surface area contributed by atoms with Crippen molar-refractivity contribution < 1.29 is 19.1 Å². The number of rotatable bonds is 6. The molecule has 172 valence electrons. The van der Waals surface area contributed by atoms with Crippen molar-refractivity contribution in [2.75, 3.05) is 22.1 Å². The van der Waals surface area contributed by atoms with Gasteiger partial charge in [0.1, 0.15) is 12.3 Å². The molecule has 0 aliphatic carbocycles. The lowest BCUT2D eigenvalue weighted by atomic mass is 10.1. The number of anilines is 3. The highest BCUT2D eigenvalue weighted by Crippen LogP contribution is 2.37. The van der Waals surface area contributed by atoms with E-state index < -0.39 is 6.10 Å². The van der Waals surface area contributed by atoms with Crippen molar-refractivity contribution in [1.29, 1.82) is 0 Å². The van der Waals surface area contributed by atoms with Crippen LogP contribution in [0.5, 0.6) is 5.75 Å². The molecule has 1 atom stereocenters. The molecular formula is C23H23ClN4O4S. The second kappa shape index (κ2) is 9.36. The summed E-state index contributed by atoms with van der Waals surface area (Å²) in [6.45, 7) is 5.29. The molecule has 33 heavy (non-hydrogen) atoms. The molecule has 2 heterocycles. The van der Waals surface area contributed by atoms with Gasteiger partial charge in [0.25, 0.3) is 5.91 Å². The number of nitrogens with one attached hydrogen (secondary N) is 2. The first-order chi connectivity index (χ1) is 15.7. The maximum Gasteiger partial charge on any atom is 0.268 e. The number of fused-ring (bicyclic) bond motifs is 2. The van der Waals surface area contributed by atoms with Crippen molar-refractivity contribution in [3.05, 3.63) is 41.4 Å². The van der Waals surface area contributed by atoms with Gasteiger partial charge in [-0.25, -0.2) is 4.98 Å². The number of amides is 3. The smallest absolute Gasteiger partial charge is 0.268 e. The maximum atomic E-state index is 12.9. The summed E-state index contributed by atoms with van der Waals surface area (Å²) in [6.07, 6.45) is -0.174. The van der Waals surface area contributed by atoms with Crippen LogP contribution in [0.15, 0.2) is 36.4 Å². The first kappa shape index (κ1) is 23.0. The van der Waals surface area contributed by atoms with Gasteiger partial charge in [-0.15, -0.1) is 0 Å². The Kier molecular flexibility index (Phi) is 6.53. The van der Waals surface area contributed by atoms with Crippen LogP contribution in [0.4, 0.5) is 16.5 Å². The average Bonchev–Trinajstić information content (AvgIpc) is 3.17. The fourth-order valence-corrected chi connectivity index (χ4v) is 4.39. The zero-order valence-corrected chi connectivity index (χ0v) is 19.9. The van der Waals surface area contributed by atoms with E-state index in [4.69, 9.17) is 16.3 Å². The third kappa shape index (κ3) is 4.94. The van der Waals surface area contributed by atoms with Crippen molar-refractivity contribution in [1.82, 2.24) is 4.98 Å². The van der Waals surface area contributed by atoms with Crippen LogP contribution in [0.1, 0.15) is 27.2 Å². The topological polar surface area (TPSA) is 101 Å². The highest BCUT2D eigenvalue weighted by molar-refractivity contribution is 7.22. The van der Waals surface area contributed by atoms with Crippen LogP contribution in [0, 0.1) is 5.92 Å². The van der Waals surface area contributed by atoms with Crippen LogP contribution in [0.25, 0.3) is 10.2 Å². The van der Waals surface area contributed by atoms with Gasteiger partial charge in [-0.05, 0) is 42.8 Å².